The Morgan fingerprint density at radius 2 is 1.94 bits per heavy atom. The Hall–Kier alpha value is 0.270. The summed E-state index contributed by atoms with van der Waals surface area (Å²) >= 11 is 1.97. The van der Waals surface area contributed by atoms with Gasteiger partial charge in [0.2, 0.25) is 0 Å². The van der Waals surface area contributed by atoms with Gasteiger partial charge in [-0.3, -0.25) is 0 Å². The molecule has 1 N–H and O–H groups in total. The molecule has 0 spiro atoms. The van der Waals surface area contributed by atoms with Crippen LogP contribution in [0.25, 0.3) is 0 Å². The fourth-order valence-electron chi connectivity index (χ4n) is 3.18. The van der Waals surface area contributed by atoms with E-state index in [1.165, 1.54) is 57.2 Å². The number of thioether (sulfide) groups is 1. The highest BCUT2D eigenvalue weighted by atomic mass is 32.2. The van der Waals surface area contributed by atoms with Crippen molar-refractivity contribution in [3.63, 3.8) is 0 Å². The number of nitrogens with zero attached hydrogens (tertiary/aromatic N) is 1. The van der Waals surface area contributed by atoms with E-state index in [-0.39, 0.29) is 0 Å². The van der Waals surface area contributed by atoms with Gasteiger partial charge in [0.1, 0.15) is 0 Å². The molecule has 1 saturated carbocycles. The van der Waals surface area contributed by atoms with Crippen LogP contribution in [0.2, 0.25) is 0 Å². The van der Waals surface area contributed by atoms with Gasteiger partial charge in [0.05, 0.1) is 0 Å². The minimum Gasteiger partial charge on any atom is -0.314 e. The van der Waals surface area contributed by atoms with Crippen molar-refractivity contribution in [1.29, 1.82) is 0 Å². The van der Waals surface area contributed by atoms with Crippen LogP contribution in [0.1, 0.15) is 51.9 Å². The monoisotopic (exact) mass is 272 g/mol. The van der Waals surface area contributed by atoms with Crippen LogP contribution in [0.5, 0.6) is 0 Å². The first-order valence-corrected chi connectivity index (χ1v) is 8.95. The highest BCUT2D eigenvalue weighted by molar-refractivity contribution is 7.98. The molecule has 0 aromatic carbocycles. The molecule has 0 bridgehead atoms. The van der Waals surface area contributed by atoms with Crippen LogP contribution in [0.15, 0.2) is 0 Å². The summed E-state index contributed by atoms with van der Waals surface area (Å²) in [7, 11) is 4.46. The van der Waals surface area contributed by atoms with Gasteiger partial charge in [-0.1, -0.05) is 26.2 Å². The lowest BCUT2D eigenvalue weighted by atomic mass is 9.79. The first-order chi connectivity index (χ1) is 8.67. The maximum absolute atomic E-state index is 3.63. The van der Waals surface area contributed by atoms with Gasteiger partial charge in [0, 0.05) is 17.3 Å². The molecule has 2 nitrogen and oxygen atoms in total. The average Bonchev–Trinajstić information content (AvgIpc) is 2.43. The van der Waals surface area contributed by atoms with Crippen LogP contribution in [-0.2, 0) is 0 Å². The molecule has 1 unspecified atom stereocenters. The molecule has 108 valence electrons. The Morgan fingerprint density at radius 3 is 2.44 bits per heavy atom. The van der Waals surface area contributed by atoms with E-state index in [2.05, 4.69) is 37.5 Å². The first-order valence-electron chi connectivity index (χ1n) is 7.55. The second kappa shape index (κ2) is 8.44. The summed E-state index contributed by atoms with van der Waals surface area (Å²) in [6.07, 6.45) is 11.8. The van der Waals surface area contributed by atoms with Crippen molar-refractivity contribution in [2.45, 2.75) is 63.5 Å². The highest BCUT2D eigenvalue weighted by Crippen LogP contribution is 2.31. The third-order valence-electron chi connectivity index (χ3n) is 4.74. The van der Waals surface area contributed by atoms with E-state index in [0.29, 0.717) is 5.54 Å². The van der Waals surface area contributed by atoms with Crippen LogP contribution in [0.4, 0.5) is 0 Å². The standard InChI is InChI=1S/C15H32N2S/c1-5-14(13-18-4)17(3)12-11-15(16-2)9-7-6-8-10-15/h14,16H,5-13H2,1-4H3. The molecule has 1 aliphatic carbocycles. The lowest BCUT2D eigenvalue weighted by molar-refractivity contribution is 0.176. The molecular formula is C15H32N2S. The van der Waals surface area contributed by atoms with Crippen LogP contribution in [0.3, 0.4) is 0 Å². The quantitative estimate of drug-likeness (QED) is 0.729. The molecule has 3 heteroatoms. The second-order valence-corrected chi connectivity index (χ2v) is 6.75. The first kappa shape index (κ1) is 16.3. The van der Waals surface area contributed by atoms with E-state index >= 15 is 0 Å². The normalized spacial score (nSPS) is 21.2. The predicted molar refractivity (Wildman–Crippen MR) is 84.6 cm³/mol. The lowest BCUT2D eigenvalue weighted by Crippen LogP contribution is -2.47. The SMILES string of the molecule is CCC(CSC)N(C)CCC1(NC)CCCCC1. The van der Waals surface area contributed by atoms with Gasteiger partial charge in [-0.15, -0.1) is 0 Å². The summed E-state index contributed by atoms with van der Waals surface area (Å²) in [6, 6.07) is 0.748. The fourth-order valence-corrected chi connectivity index (χ4v) is 4.05. The molecule has 0 radical (unpaired) electrons. The van der Waals surface area contributed by atoms with Gasteiger partial charge in [-0.2, -0.15) is 11.8 Å². The third kappa shape index (κ3) is 4.75. The maximum Gasteiger partial charge on any atom is 0.0190 e. The average molecular weight is 273 g/mol. The van der Waals surface area contributed by atoms with Crippen LogP contribution in [-0.4, -0.2) is 49.1 Å². The van der Waals surface area contributed by atoms with E-state index in [1.807, 2.05) is 11.8 Å². The zero-order chi connectivity index (χ0) is 13.4. The van der Waals surface area contributed by atoms with Crippen molar-refractivity contribution in [1.82, 2.24) is 10.2 Å². The summed E-state index contributed by atoms with van der Waals surface area (Å²) in [6.45, 7) is 3.55. The Balaban J connectivity index is 2.41. The minimum absolute atomic E-state index is 0.435. The fraction of sp³-hybridized carbons (Fsp3) is 1.00. The van der Waals surface area contributed by atoms with Crippen LogP contribution >= 0.6 is 11.8 Å². The number of rotatable bonds is 8. The molecule has 1 atom stereocenters. The van der Waals surface area contributed by atoms with Crippen molar-refractivity contribution >= 4 is 11.8 Å². The molecule has 0 aliphatic heterocycles. The van der Waals surface area contributed by atoms with Gasteiger partial charge in [0.15, 0.2) is 0 Å². The maximum atomic E-state index is 3.63. The van der Waals surface area contributed by atoms with E-state index in [4.69, 9.17) is 0 Å². The lowest BCUT2D eigenvalue weighted by Gasteiger charge is -2.39. The van der Waals surface area contributed by atoms with Crippen molar-refractivity contribution in [3.05, 3.63) is 0 Å². The number of hydrogen-bond donors (Lipinski definition) is 1. The van der Waals surface area contributed by atoms with E-state index in [9.17, 15) is 0 Å². The summed E-state index contributed by atoms with van der Waals surface area (Å²) in [5.41, 5.74) is 0.435. The van der Waals surface area contributed by atoms with Crippen molar-refractivity contribution < 1.29 is 0 Å². The zero-order valence-corrected chi connectivity index (χ0v) is 13.6. The van der Waals surface area contributed by atoms with Gasteiger partial charge < -0.3 is 10.2 Å². The molecule has 0 aromatic heterocycles. The second-order valence-electron chi connectivity index (χ2n) is 5.84. The van der Waals surface area contributed by atoms with Crippen LogP contribution < -0.4 is 5.32 Å². The molecule has 1 aliphatic rings. The molecular weight excluding hydrogens is 240 g/mol. The molecule has 1 fully saturated rings. The summed E-state index contributed by atoms with van der Waals surface area (Å²) in [5, 5.41) is 3.63. The molecule has 18 heavy (non-hydrogen) atoms. The van der Waals surface area contributed by atoms with E-state index in [0.717, 1.165) is 6.04 Å². The molecule has 0 aromatic rings. The summed E-state index contributed by atoms with van der Waals surface area (Å²) in [5.74, 6) is 1.26. The van der Waals surface area contributed by atoms with Gasteiger partial charge in [-0.05, 0) is 52.6 Å². The molecule has 0 saturated heterocycles. The summed E-state index contributed by atoms with van der Waals surface area (Å²) in [4.78, 5) is 2.57. The van der Waals surface area contributed by atoms with E-state index in [1.54, 1.807) is 0 Å². The highest BCUT2D eigenvalue weighted by Gasteiger charge is 2.30. The van der Waals surface area contributed by atoms with Crippen molar-refractivity contribution in [2.24, 2.45) is 0 Å². The topological polar surface area (TPSA) is 15.3 Å². The minimum atomic E-state index is 0.435. The van der Waals surface area contributed by atoms with E-state index < -0.39 is 0 Å². The van der Waals surface area contributed by atoms with Crippen molar-refractivity contribution in [2.75, 3.05) is 32.6 Å². The Kier molecular flexibility index (Phi) is 7.66. The summed E-state index contributed by atoms with van der Waals surface area (Å²) < 4.78 is 0. The predicted octanol–water partition coefficient (Wildman–Crippen LogP) is 3.37. The van der Waals surface area contributed by atoms with Gasteiger partial charge in [-0.25, -0.2) is 0 Å². The van der Waals surface area contributed by atoms with Crippen LogP contribution in [0, 0.1) is 0 Å². The largest absolute Gasteiger partial charge is 0.314 e. The van der Waals surface area contributed by atoms with Crippen molar-refractivity contribution in [3.8, 4) is 0 Å². The smallest absolute Gasteiger partial charge is 0.0190 e. The molecule has 0 amide bonds. The Labute approximate surface area is 118 Å². The molecule has 1 rings (SSSR count). The van der Waals surface area contributed by atoms with Gasteiger partial charge >= 0.3 is 0 Å². The molecule has 0 heterocycles. The Bertz CT molecular complexity index is 215. The zero-order valence-electron chi connectivity index (χ0n) is 12.8. The number of hydrogen-bond acceptors (Lipinski definition) is 3. The third-order valence-corrected chi connectivity index (χ3v) is 5.46. The van der Waals surface area contributed by atoms with Gasteiger partial charge in [0.25, 0.3) is 0 Å². The number of nitrogens with one attached hydrogen (secondary N) is 1. The Morgan fingerprint density at radius 1 is 1.28 bits per heavy atom.